The lowest BCUT2D eigenvalue weighted by Crippen LogP contribution is -2.28. The topological polar surface area (TPSA) is 50.9 Å². The zero-order valence-corrected chi connectivity index (χ0v) is 11.8. The van der Waals surface area contributed by atoms with Crippen LogP contribution in [0.25, 0.3) is 0 Å². The van der Waals surface area contributed by atoms with Gasteiger partial charge in [-0.1, -0.05) is 18.2 Å². The summed E-state index contributed by atoms with van der Waals surface area (Å²) in [7, 11) is 0. The van der Waals surface area contributed by atoms with Crippen LogP contribution in [-0.4, -0.2) is 4.98 Å². The number of alkyl halides is 3. The predicted octanol–water partition coefficient (Wildman–Crippen LogP) is 3.33. The maximum atomic E-state index is 12.6. The molecule has 2 rings (SSSR count). The molecule has 0 saturated carbocycles. The van der Waals surface area contributed by atoms with Gasteiger partial charge in [0.1, 0.15) is 0 Å². The van der Waals surface area contributed by atoms with Gasteiger partial charge in [-0.2, -0.15) is 13.2 Å². The van der Waals surface area contributed by atoms with Gasteiger partial charge in [-0.05, 0) is 30.5 Å². The molecule has 20 heavy (non-hydrogen) atoms. The molecular weight excluding hydrogens is 287 g/mol. The first-order valence-electron chi connectivity index (χ1n) is 5.89. The van der Waals surface area contributed by atoms with Gasteiger partial charge in [-0.25, -0.2) is 10.4 Å². The summed E-state index contributed by atoms with van der Waals surface area (Å²) in [6.45, 7) is 3.86. The van der Waals surface area contributed by atoms with Gasteiger partial charge in [0.15, 0.2) is 5.01 Å². The normalized spacial score (nSPS) is 13.5. The van der Waals surface area contributed by atoms with Crippen molar-refractivity contribution in [3.63, 3.8) is 0 Å². The van der Waals surface area contributed by atoms with E-state index in [1.807, 2.05) is 32.0 Å². The third-order valence-electron chi connectivity index (χ3n) is 3.17. The molecule has 0 aliphatic carbocycles. The largest absolute Gasteiger partial charge is 0.443 e. The van der Waals surface area contributed by atoms with E-state index >= 15 is 0 Å². The molecule has 1 aromatic carbocycles. The number of hydrogen-bond donors (Lipinski definition) is 2. The molecule has 1 atom stereocenters. The van der Waals surface area contributed by atoms with Crippen molar-refractivity contribution in [3.05, 3.63) is 51.0 Å². The Morgan fingerprint density at radius 3 is 2.55 bits per heavy atom. The van der Waals surface area contributed by atoms with E-state index in [1.165, 1.54) is 6.20 Å². The number of aryl methyl sites for hydroxylation is 1. The molecule has 0 spiro atoms. The number of nitrogens with zero attached hydrogens (tertiary/aromatic N) is 1. The number of nitrogens with two attached hydrogens (primary N) is 1. The Bertz CT molecular complexity index is 607. The van der Waals surface area contributed by atoms with Crippen LogP contribution in [0.4, 0.5) is 13.2 Å². The highest BCUT2D eigenvalue weighted by atomic mass is 32.1. The van der Waals surface area contributed by atoms with Crippen molar-refractivity contribution in [1.82, 2.24) is 10.4 Å². The minimum absolute atomic E-state index is 0.438. The molecule has 7 heteroatoms. The maximum Gasteiger partial charge on any atom is 0.443 e. The summed E-state index contributed by atoms with van der Waals surface area (Å²) in [5, 5.41) is -0.863. The number of rotatable bonds is 3. The minimum Gasteiger partial charge on any atom is -0.271 e. The number of thiazole rings is 1. The maximum absolute atomic E-state index is 12.6. The zero-order valence-electron chi connectivity index (χ0n) is 11.0. The minimum atomic E-state index is -4.43. The Morgan fingerprint density at radius 2 is 2.00 bits per heavy atom. The average Bonchev–Trinajstić information content (AvgIpc) is 2.85. The second-order valence-corrected chi connectivity index (χ2v) is 5.52. The Balaban J connectivity index is 2.43. The van der Waals surface area contributed by atoms with E-state index in [-0.39, 0.29) is 0 Å². The van der Waals surface area contributed by atoms with Gasteiger partial charge >= 0.3 is 6.18 Å². The molecule has 1 heterocycles. The number of aromatic nitrogens is 1. The number of halogens is 3. The molecular formula is C13H14F3N3S. The number of hydrogen-bond acceptors (Lipinski definition) is 4. The van der Waals surface area contributed by atoms with E-state index in [2.05, 4.69) is 10.4 Å². The van der Waals surface area contributed by atoms with Crippen LogP contribution < -0.4 is 11.3 Å². The van der Waals surface area contributed by atoms with E-state index < -0.39 is 17.2 Å². The summed E-state index contributed by atoms with van der Waals surface area (Å²) in [6, 6.07) is 5.15. The van der Waals surface area contributed by atoms with Gasteiger partial charge in [-0.15, -0.1) is 11.3 Å². The second kappa shape index (κ2) is 5.51. The highest BCUT2D eigenvalue weighted by Gasteiger charge is 2.35. The van der Waals surface area contributed by atoms with Crippen molar-refractivity contribution in [1.29, 1.82) is 0 Å². The van der Waals surface area contributed by atoms with Gasteiger partial charge in [0.05, 0.1) is 6.04 Å². The van der Waals surface area contributed by atoms with Crippen molar-refractivity contribution in [2.24, 2.45) is 5.84 Å². The Morgan fingerprint density at radius 1 is 1.30 bits per heavy atom. The van der Waals surface area contributed by atoms with Crippen LogP contribution in [0.2, 0.25) is 0 Å². The number of nitrogens with one attached hydrogen (secondary N) is 1. The van der Waals surface area contributed by atoms with Crippen LogP contribution >= 0.6 is 11.3 Å². The van der Waals surface area contributed by atoms with E-state index in [9.17, 15) is 13.2 Å². The Labute approximate surface area is 118 Å². The van der Waals surface area contributed by atoms with E-state index in [0.29, 0.717) is 16.2 Å². The van der Waals surface area contributed by atoms with Gasteiger partial charge in [-0.3, -0.25) is 5.84 Å². The molecule has 0 saturated heterocycles. The van der Waals surface area contributed by atoms with Crippen molar-refractivity contribution in [2.75, 3.05) is 0 Å². The Kier molecular flexibility index (Phi) is 4.12. The molecule has 0 amide bonds. The summed E-state index contributed by atoms with van der Waals surface area (Å²) in [6.07, 6.45) is -3.20. The number of hydrazine groups is 1. The van der Waals surface area contributed by atoms with Crippen LogP contribution in [0.5, 0.6) is 0 Å². The highest BCUT2D eigenvalue weighted by Crippen LogP contribution is 2.36. The fourth-order valence-electron chi connectivity index (χ4n) is 1.96. The summed E-state index contributed by atoms with van der Waals surface area (Å²) in [5.41, 5.74) is 5.48. The van der Waals surface area contributed by atoms with Crippen LogP contribution in [0, 0.1) is 13.8 Å². The molecule has 0 bridgehead atoms. The third kappa shape index (κ3) is 2.84. The first-order chi connectivity index (χ1) is 9.34. The molecule has 1 unspecified atom stereocenters. The average molecular weight is 301 g/mol. The van der Waals surface area contributed by atoms with Crippen molar-refractivity contribution >= 4 is 11.3 Å². The fraction of sp³-hybridized carbons (Fsp3) is 0.308. The predicted molar refractivity (Wildman–Crippen MR) is 72.2 cm³/mol. The molecule has 0 fully saturated rings. The quantitative estimate of drug-likeness (QED) is 0.675. The molecule has 2 aromatic rings. The van der Waals surface area contributed by atoms with Crippen molar-refractivity contribution in [3.8, 4) is 0 Å². The van der Waals surface area contributed by atoms with Crippen molar-refractivity contribution < 1.29 is 13.2 Å². The van der Waals surface area contributed by atoms with E-state index in [4.69, 9.17) is 5.84 Å². The molecule has 1 aromatic heterocycles. The second-order valence-electron chi connectivity index (χ2n) is 4.45. The lowest BCUT2D eigenvalue weighted by molar-refractivity contribution is -0.137. The number of benzene rings is 1. The zero-order chi connectivity index (χ0) is 14.9. The van der Waals surface area contributed by atoms with Crippen LogP contribution in [0.3, 0.4) is 0 Å². The Hall–Kier alpha value is -1.44. The molecule has 108 valence electrons. The molecule has 3 N–H and O–H groups in total. The highest BCUT2D eigenvalue weighted by molar-refractivity contribution is 7.11. The van der Waals surface area contributed by atoms with E-state index in [0.717, 1.165) is 16.7 Å². The molecule has 0 radical (unpaired) electrons. The van der Waals surface area contributed by atoms with E-state index in [1.54, 1.807) is 0 Å². The summed E-state index contributed by atoms with van der Waals surface area (Å²) >= 11 is 0.603. The summed E-state index contributed by atoms with van der Waals surface area (Å²) in [4.78, 5) is 3.87. The van der Waals surface area contributed by atoms with Gasteiger partial charge < -0.3 is 0 Å². The van der Waals surface area contributed by atoms with Crippen LogP contribution in [0.1, 0.15) is 32.6 Å². The van der Waals surface area contributed by atoms with Crippen molar-refractivity contribution in [2.45, 2.75) is 26.1 Å². The fourth-order valence-corrected chi connectivity index (χ4v) is 2.83. The van der Waals surface area contributed by atoms with Crippen LogP contribution in [0.15, 0.2) is 24.4 Å². The molecule has 3 nitrogen and oxygen atoms in total. The first kappa shape index (κ1) is 15.0. The molecule has 0 aliphatic heterocycles. The van der Waals surface area contributed by atoms with Gasteiger partial charge in [0.25, 0.3) is 0 Å². The monoisotopic (exact) mass is 301 g/mol. The SMILES string of the molecule is Cc1cccc(C(NN)c2cnc(C(F)(F)F)s2)c1C. The van der Waals surface area contributed by atoms with Gasteiger partial charge in [0, 0.05) is 11.1 Å². The lowest BCUT2D eigenvalue weighted by atomic mass is 9.97. The lowest BCUT2D eigenvalue weighted by Gasteiger charge is -2.18. The first-order valence-corrected chi connectivity index (χ1v) is 6.71. The van der Waals surface area contributed by atoms with Crippen LogP contribution in [-0.2, 0) is 6.18 Å². The van der Waals surface area contributed by atoms with Gasteiger partial charge in [0.2, 0.25) is 0 Å². The molecule has 0 aliphatic rings. The summed E-state index contributed by atoms with van der Waals surface area (Å²) in [5.74, 6) is 5.52. The third-order valence-corrected chi connectivity index (χ3v) is 4.28. The smallest absolute Gasteiger partial charge is 0.271 e. The standard InChI is InChI=1S/C13H14F3N3S/c1-7-4-3-5-9(8(7)2)11(19-17)10-6-18-12(20-10)13(14,15)16/h3-6,11,19H,17H2,1-2H3. The summed E-state index contributed by atoms with van der Waals surface area (Å²) < 4.78 is 37.8.